The summed E-state index contributed by atoms with van der Waals surface area (Å²) in [5, 5.41) is 5.92. The fourth-order valence-corrected chi connectivity index (χ4v) is 2.96. The molecule has 0 aliphatic carbocycles. The molecule has 0 aromatic heterocycles. The molecule has 0 heterocycles. The number of para-hydroxylation sites is 1. The molecule has 0 atom stereocenters. The van der Waals surface area contributed by atoms with Crippen molar-refractivity contribution in [2.24, 2.45) is 0 Å². The third-order valence-electron chi connectivity index (χ3n) is 4.18. The van der Waals surface area contributed by atoms with Crippen molar-refractivity contribution < 1.29 is 19.1 Å². The van der Waals surface area contributed by atoms with Gasteiger partial charge in [0.05, 0.1) is 36.1 Å². The second-order valence-electron chi connectivity index (χ2n) is 6.00. The highest BCUT2D eigenvalue weighted by Crippen LogP contribution is 2.30. The van der Waals surface area contributed by atoms with Crippen LogP contribution >= 0.6 is 11.6 Å². The van der Waals surface area contributed by atoms with E-state index in [1.54, 1.807) is 66.7 Å². The maximum atomic E-state index is 12.6. The summed E-state index contributed by atoms with van der Waals surface area (Å²) in [5.74, 6) is 0.181. The summed E-state index contributed by atoms with van der Waals surface area (Å²) in [7, 11) is 2.98. The highest BCUT2D eigenvalue weighted by Gasteiger charge is 2.15. The number of rotatable bonds is 6. The van der Waals surface area contributed by atoms with E-state index in [0.717, 1.165) is 0 Å². The van der Waals surface area contributed by atoms with Gasteiger partial charge in [0.1, 0.15) is 11.5 Å². The van der Waals surface area contributed by atoms with Crippen LogP contribution in [0.4, 0.5) is 11.4 Å². The van der Waals surface area contributed by atoms with E-state index in [0.29, 0.717) is 39.0 Å². The molecule has 0 aliphatic rings. The molecule has 148 valence electrons. The summed E-state index contributed by atoms with van der Waals surface area (Å²) in [4.78, 5) is 25.0. The summed E-state index contributed by atoms with van der Waals surface area (Å²) in [5.41, 5.74) is 1.72. The summed E-state index contributed by atoms with van der Waals surface area (Å²) in [6, 6.07) is 18.6. The van der Waals surface area contributed by atoms with E-state index in [1.807, 2.05) is 0 Å². The molecule has 2 N–H and O–H groups in total. The zero-order chi connectivity index (χ0) is 20.8. The Bertz CT molecular complexity index is 1050. The molecule has 0 saturated carbocycles. The lowest BCUT2D eigenvalue weighted by Crippen LogP contribution is -2.15. The van der Waals surface area contributed by atoms with Crippen LogP contribution in [-0.4, -0.2) is 26.0 Å². The minimum absolute atomic E-state index is 0.322. The number of benzene rings is 3. The number of hydrogen-bond donors (Lipinski definition) is 2. The first-order chi connectivity index (χ1) is 14.0. The van der Waals surface area contributed by atoms with Gasteiger partial charge < -0.3 is 20.1 Å². The molecular weight excluding hydrogens is 392 g/mol. The second-order valence-corrected chi connectivity index (χ2v) is 6.41. The van der Waals surface area contributed by atoms with E-state index in [2.05, 4.69) is 10.6 Å². The quantitative estimate of drug-likeness (QED) is 0.608. The first kappa shape index (κ1) is 20.2. The highest BCUT2D eigenvalue weighted by molar-refractivity contribution is 6.34. The van der Waals surface area contributed by atoms with Gasteiger partial charge in [-0.2, -0.15) is 0 Å². The van der Waals surface area contributed by atoms with Crippen LogP contribution in [0.2, 0.25) is 5.02 Å². The Morgan fingerprint density at radius 1 is 0.759 bits per heavy atom. The zero-order valence-electron chi connectivity index (χ0n) is 15.9. The van der Waals surface area contributed by atoms with E-state index < -0.39 is 0 Å². The van der Waals surface area contributed by atoms with Crippen LogP contribution < -0.4 is 20.1 Å². The summed E-state index contributed by atoms with van der Waals surface area (Å²) in [6.07, 6.45) is 0. The Morgan fingerprint density at radius 3 is 2.07 bits per heavy atom. The van der Waals surface area contributed by atoms with Gasteiger partial charge in [0.2, 0.25) is 0 Å². The molecule has 0 spiro atoms. The Hall–Kier alpha value is -3.51. The predicted octanol–water partition coefficient (Wildman–Crippen LogP) is 4.86. The van der Waals surface area contributed by atoms with Gasteiger partial charge in [-0.1, -0.05) is 35.9 Å². The Balaban J connectivity index is 1.79. The summed E-state index contributed by atoms with van der Waals surface area (Å²) >= 11 is 6.07. The molecule has 29 heavy (non-hydrogen) atoms. The van der Waals surface area contributed by atoms with Crippen LogP contribution in [-0.2, 0) is 0 Å². The fourth-order valence-electron chi connectivity index (χ4n) is 2.74. The highest BCUT2D eigenvalue weighted by atomic mass is 35.5. The number of amides is 2. The van der Waals surface area contributed by atoms with E-state index in [1.165, 1.54) is 14.2 Å². The molecule has 3 aromatic carbocycles. The van der Waals surface area contributed by atoms with Crippen molar-refractivity contribution in [1.82, 2.24) is 0 Å². The number of ether oxygens (including phenoxy) is 2. The van der Waals surface area contributed by atoms with Gasteiger partial charge in [-0.15, -0.1) is 0 Å². The molecule has 2 amide bonds. The van der Waals surface area contributed by atoms with Crippen LogP contribution in [0.1, 0.15) is 20.7 Å². The Kier molecular flexibility index (Phi) is 6.36. The van der Waals surface area contributed by atoms with E-state index in [-0.39, 0.29) is 11.8 Å². The van der Waals surface area contributed by atoms with Crippen LogP contribution in [0.25, 0.3) is 0 Å². The standard InChI is InChI=1S/C22H19ClN2O4/c1-28-19-10-6-4-8-16(19)22(27)24-14-11-12-18(20(13-14)29-2)25-21(26)15-7-3-5-9-17(15)23/h3-13H,1-2H3,(H,24,27)(H,25,26). The minimum atomic E-state index is -0.361. The number of hydrogen-bond acceptors (Lipinski definition) is 4. The van der Waals surface area contributed by atoms with Crippen molar-refractivity contribution in [2.75, 3.05) is 24.9 Å². The number of halogens is 1. The average molecular weight is 411 g/mol. The molecule has 0 fully saturated rings. The lowest BCUT2D eigenvalue weighted by molar-refractivity contribution is 0.101. The molecule has 0 radical (unpaired) electrons. The van der Waals surface area contributed by atoms with Crippen molar-refractivity contribution in [3.8, 4) is 11.5 Å². The molecule has 6 nitrogen and oxygen atoms in total. The normalized spacial score (nSPS) is 10.2. The van der Waals surface area contributed by atoms with Gasteiger partial charge in [-0.05, 0) is 36.4 Å². The molecule has 0 bridgehead atoms. The van der Waals surface area contributed by atoms with Crippen molar-refractivity contribution >= 4 is 34.8 Å². The van der Waals surface area contributed by atoms with Gasteiger partial charge in [-0.25, -0.2) is 0 Å². The lowest BCUT2D eigenvalue weighted by Gasteiger charge is -2.14. The molecule has 7 heteroatoms. The van der Waals surface area contributed by atoms with Crippen LogP contribution in [0.3, 0.4) is 0 Å². The molecule has 0 aliphatic heterocycles. The van der Waals surface area contributed by atoms with Gasteiger partial charge >= 0.3 is 0 Å². The lowest BCUT2D eigenvalue weighted by atomic mass is 10.1. The van der Waals surface area contributed by atoms with Crippen LogP contribution in [0.5, 0.6) is 11.5 Å². The van der Waals surface area contributed by atoms with Crippen LogP contribution in [0.15, 0.2) is 66.7 Å². The Morgan fingerprint density at radius 2 is 1.38 bits per heavy atom. The predicted molar refractivity (Wildman–Crippen MR) is 113 cm³/mol. The van der Waals surface area contributed by atoms with Crippen molar-refractivity contribution in [3.05, 3.63) is 82.9 Å². The number of anilines is 2. The van der Waals surface area contributed by atoms with E-state index in [4.69, 9.17) is 21.1 Å². The molecule has 3 rings (SSSR count). The Labute approximate surface area is 173 Å². The van der Waals surface area contributed by atoms with E-state index in [9.17, 15) is 9.59 Å². The van der Waals surface area contributed by atoms with Crippen molar-refractivity contribution in [3.63, 3.8) is 0 Å². The molecule has 3 aromatic rings. The van der Waals surface area contributed by atoms with Gasteiger partial charge in [-0.3, -0.25) is 9.59 Å². The number of carbonyl (C=O) groups excluding carboxylic acids is 2. The third-order valence-corrected chi connectivity index (χ3v) is 4.51. The van der Waals surface area contributed by atoms with E-state index >= 15 is 0 Å². The molecule has 0 unspecified atom stereocenters. The average Bonchev–Trinajstić information content (AvgIpc) is 2.74. The van der Waals surface area contributed by atoms with Crippen molar-refractivity contribution in [2.45, 2.75) is 0 Å². The molecule has 0 saturated heterocycles. The van der Waals surface area contributed by atoms with Gasteiger partial charge in [0.25, 0.3) is 11.8 Å². The number of carbonyl (C=O) groups is 2. The number of nitrogens with one attached hydrogen (secondary N) is 2. The summed E-state index contributed by atoms with van der Waals surface area (Å²) < 4.78 is 10.6. The topological polar surface area (TPSA) is 76.7 Å². The summed E-state index contributed by atoms with van der Waals surface area (Å²) in [6.45, 7) is 0. The monoisotopic (exact) mass is 410 g/mol. The third kappa shape index (κ3) is 4.67. The number of methoxy groups -OCH3 is 2. The van der Waals surface area contributed by atoms with Crippen LogP contribution in [0, 0.1) is 0 Å². The van der Waals surface area contributed by atoms with Crippen molar-refractivity contribution in [1.29, 1.82) is 0 Å². The largest absolute Gasteiger partial charge is 0.496 e. The minimum Gasteiger partial charge on any atom is -0.496 e. The zero-order valence-corrected chi connectivity index (χ0v) is 16.6. The second kappa shape index (κ2) is 9.12. The smallest absolute Gasteiger partial charge is 0.259 e. The molecular formula is C22H19ClN2O4. The fraction of sp³-hybridized carbons (Fsp3) is 0.0909. The van der Waals surface area contributed by atoms with Gasteiger partial charge in [0, 0.05) is 11.8 Å². The maximum Gasteiger partial charge on any atom is 0.259 e. The maximum absolute atomic E-state index is 12.6. The van der Waals surface area contributed by atoms with Gasteiger partial charge in [0.15, 0.2) is 0 Å². The SMILES string of the molecule is COc1cc(NC(=O)c2ccccc2OC)ccc1NC(=O)c1ccccc1Cl. The first-order valence-electron chi connectivity index (χ1n) is 8.71. The first-order valence-corrected chi connectivity index (χ1v) is 9.09.